The van der Waals surface area contributed by atoms with Gasteiger partial charge in [-0.15, -0.1) is 0 Å². The minimum Gasteiger partial charge on any atom is -0.326 e. The summed E-state index contributed by atoms with van der Waals surface area (Å²) in [7, 11) is 0. The SMILES string of the molecule is Cc1ccc(CN)c(C(F)(F)F)n1. The van der Waals surface area contributed by atoms with E-state index in [1.54, 1.807) is 0 Å². The van der Waals surface area contributed by atoms with Gasteiger partial charge in [-0.25, -0.2) is 4.98 Å². The summed E-state index contributed by atoms with van der Waals surface area (Å²) in [5.74, 6) is 0. The van der Waals surface area contributed by atoms with Gasteiger partial charge in [0.1, 0.15) is 5.69 Å². The van der Waals surface area contributed by atoms with E-state index in [0.29, 0.717) is 5.69 Å². The fourth-order valence-electron chi connectivity index (χ4n) is 0.996. The van der Waals surface area contributed by atoms with Crippen molar-refractivity contribution in [1.82, 2.24) is 4.98 Å². The van der Waals surface area contributed by atoms with Crippen molar-refractivity contribution in [1.29, 1.82) is 0 Å². The van der Waals surface area contributed by atoms with E-state index in [2.05, 4.69) is 4.98 Å². The summed E-state index contributed by atoms with van der Waals surface area (Å²) >= 11 is 0. The van der Waals surface area contributed by atoms with Gasteiger partial charge in [-0.3, -0.25) is 0 Å². The predicted molar refractivity (Wildman–Crippen MR) is 41.9 cm³/mol. The lowest BCUT2D eigenvalue weighted by Gasteiger charge is -2.10. The van der Waals surface area contributed by atoms with Gasteiger partial charge in [0, 0.05) is 12.2 Å². The number of hydrogen-bond donors (Lipinski definition) is 1. The maximum absolute atomic E-state index is 12.3. The van der Waals surface area contributed by atoms with Gasteiger partial charge in [-0.05, 0) is 18.6 Å². The number of alkyl halides is 3. The highest BCUT2D eigenvalue weighted by atomic mass is 19.4. The van der Waals surface area contributed by atoms with Crippen LogP contribution in [0.4, 0.5) is 13.2 Å². The molecule has 0 spiro atoms. The van der Waals surface area contributed by atoms with Gasteiger partial charge in [-0.2, -0.15) is 13.2 Å². The standard InChI is InChI=1S/C8H9F3N2/c1-5-2-3-6(4-12)7(13-5)8(9,10)11/h2-3H,4,12H2,1H3. The molecule has 72 valence electrons. The van der Waals surface area contributed by atoms with E-state index in [1.165, 1.54) is 19.1 Å². The lowest BCUT2D eigenvalue weighted by molar-refractivity contribution is -0.141. The van der Waals surface area contributed by atoms with Gasteiger partial charge in [-0.1, -0.05) is 6.07 Å². The Labute approximate surface area is 73.6 Å². The first-order valence-corrected chi connectivity index (χ1v) is 3.69. The van der Waals surface area contributed by atoms with Gasteiger partial charge in [0.05, 0.1) is 0 Å². The van der Waals surface area contributed by atoms with Crippen molar-refractivity contribution in [3.8, 4) is 0 Å². The van der Waals surface area contributed by atoms with Gasteiger partial charge in [0.15, 0.2) is 0 Å². The highest BCUT2D eigenvalue weighted by molar-refractivity contribution is 5.24. The van der Waals surface area contributed by atoms with Gasteiger partial charge in [0.2, 0.25) is 0 Å². The van der Waals surface area contributed by atoms with Crippen LogP contribution >= 0.6 is 0 Å². The Kier molecular flexibility index (Phi) is 2.56. The first-order valence-electron chi connectivity index (χ1n) is 3.69. The molecule has 1 aromatic rings. The second-order valence-corrected chi connectivity index (χ2v) is 2.66. The van der Waals surface area contributed by atoms with Gasteiger partial charge < -0.3 is 5.73 Å². The van der Waals surface area contributed by atoms with E-state index in [1.807, 2.05) is 0 Å². The first kappa shape index (κ1) is 9.98. The zero-order valence-electron chi connectivity index (χ0n) is 7.02. The second-order valence-electron chi connectivity index (χ2n) is 2.66. The molecular weight excluding hydrogens is 181 g/mol. The molecule has 0 unspecified atom stereocenters. The number of nitrogens with two attached hydrogens (primary N) is 1. The average Bonchev–Trinajstić information content (AvgIpc) is 2.03. The molecule has 1 heterocycles. The Morgan fingerprint density at radius 3 is 2.46 bits per heavy atom. The third-order valence-corrected chi connectivity index (χ3v) is 1.61. The van der Waals surface area contributed by atoms with Crippen LogP contribution < -0.4 is 5.73 Å². The van der Waals surface area contributed by atoms with Crippen LogP contribution in [0.1, 0.15) is 17.0 Å². The molecule has 0 radical (unpaired) electrons. The van der Waals surface area contributed by atoms with Crippen molar-refractivity contribution in [2.75, 3.05) is 0 Å². The number of rotatable bonds is 1. The predicted octanol–water partition coefficient (Wildman–Crippen LogP) is 1.87. The fraction of sp³-hybridized carbons (Fsp3) is 0.375. The van der Waals surface area contributed by atoms with E-state index < -0.39 is 11.9 Å². The number of nitrogens with zero attached hydrogens (tertiary/aromatic N) is 1. The Morgan fingerprint density at radius 1 is 1.38 bits per heavy atom. The van der Waals surface area contributed by atoms with E-state index in [-0.39, 0.29) is 12.1 Å². The van der Waals surface area contributed by atoms with Crippen LogP contribution in [0.25, 0.3) is 0 Å². The van der Waals surface area contributed by atoms with Crippen molar-refractivity contribution in [2.24, 2.45) is 5.73 Å². The van der Waals surface area contributed by atoms with Crippen molar-refractivity contribution in [3.05, 3.63) is 29.1 Å². The van der Waals surface area contributed by atoms with Gasteiger partial charge >= 0.3 is 6.18 Å². The zero-order valence-corrected chi connectivity index (χ0v) is 7.02. The molecule has 0 aliphatic carbocycles. The third kappa shape index (κ3) is 2.18. The second kappa shape index (κ2) is 3.33. The normalized spacial score (nSPS) is 11.8. The summed E-state index contributed by atoms with van der Waals surface area (Å²) in [6, 6.07) is 2.86. The molecule has 2 nitrogen and oxygen atoms in total. The quantitative estimate of drug-likeness (QED) is 0.734. The molecule has 0 fully saturated rings. The smallest absolute Gasteiger partial charge is 0.326 e. The number of aromatic nitrogens is 1. The lowest BCUT2D eigenvalue weighted by Crippen LogP contribution is -2.14. The molecule has 2 N–H and O–H groups in total. The largest absolute Gasteiger partial charge is 0.433 e. The Bertz CT molecular complexity index is 307. The van der Waals surface area contributed by atoms with Crippen LogP contribution in [0.3, 0.4) is 0 Å². The molecule has 0 aliphatic heterocycles. The van der Waals surface area contributed by atoms with Crippen molar-refractivity contribution < 1.29 is 13.2 Å². The number of aryl methyl sites for hydroxylation is 1. The molecule has 13 heavy (non-hydrogen) atoms. The third-order valence-electron chi connectivity index (χ3n) is 1.61. The molecular formula is C8H9F3N2. The summed E-state index contributed by atoms with van der Waals surface area (Å²) < 4.78 is 36.9. The minimum atomic E-state index is -4.42. The van der Waals surface area contributed by atoms with Crippen LogP contribution in [0.15, 0.2) is 12.1 Å². The van der Waals surface area contributed by atoms with Crippen LogP contribution in [0.2, 0.25) is 0 Å². The van der Waals surface area contributed by atoms with Crippen LogP contribution in [0, 0.1) is 6.92 Å². The van der Waals surface area contributed by atoms with E-state index >= 15 is 0 Å². The molecule has 1 aromatic heterocycles. The van der Waals surface area contributed by atoms with Gasteiger partial charge in [0.25, 0.3) is 0 Å². The maximum atomic E-state index is 12.3. The molecule has 0 saturated heterocycles. The van der Waals surface area contributed by atoms with E-state index in [4.69, 9.17) is 5.73 Å². The Hall–Kier alpha value is -1.10. The molecule has 0 aliphatic rings. The lowest BCUT2D eigenvalue weighted by atomic mass is 10.1. The Morgan fingerprint density at radius 2 is 2.00 bits per heavy atom. The fourth-order valence-corrected chi connectivity index (χ4v) is 0.996. The van der Waals surface area contributed by atoms with Crippen LogP contribution in [0.5, 0.6) is 0 Å². The average molecular weight is 190 g/mol. The van der Waals surface area contributed by atoms with Crippen molar-refractivity contribution in [2.45, 2.75) is 19.6 Å². The molecule has 0 atom stereocenters. The molecule has 5 heteroatoms. The van der Waals surface area contributed by atoms with E-state index in [0.717, 1.165) is 0 Å². The molecule has 1 rings (SSSR count). The van der Waals surface area contributed by atoms with Crippen LogP contribution in [-0.2, 0) is 12.7 Å². The topological polar surface area (TPSA) is 38.9 Å². The number of halogens is 3. The molecule has 0 bridgehead atoms. The highest BCUT2D eigenvalue weighted by Crippen LogP contribution is 2.30. The Balaban J connectivity index is 3.24. The monoisotopic (exact) mass is 190 g/mol. The van der Waals surface area contributed by atoms with E-state index in [9.17, 15) is 13.2 Å². The summed E-state index contributed by atoms with van der Waals surface area (Å²) in [4.78, 5) is 3.41. The number of hydrogen-bond acceptors (Lipinski definition) is 2. The van der Waals surface area contributed by atoms with Crippen molar-refractivity contribution in [3.63, 3.8) is 0 Å². The molecule has 0 aromatic carbocycles. The summed E-state index contributed by atoms with van der Waals surface area (Å²) in [5.41, 5.74) is 4.64. The molecule has 0 saturated carbocycles. The molecule has 0 amide bonds. The summed E-state index contributed by atoms with van der Waals surface area (Å²) in [6.07, 6.45) is -4.42. The number of pyridine rings is 1. The van der Waals surface area contributed by atoms with Crippen molar-refractivity contribution >= 4 is 0 Å². The first-order chi connectivity index (χ1) is 5.95. The minimum absolute atomic E-state index is 0.0260. The highest BCUT2D eigenvalue weighted by Gasteiger charge is 2.34. The zero-order chi connectivity index (χ0) is 10.1. The summed E-state index contributed by atoms with van der Waals surface area (Å²) in [5, 5.41) is 0. The maximum Gasteiger partial charge on any atom is 0.433 e. The summed E-state index contributed by atoms with van der Waals surface area (Å²) in [6.45, 7) is 1.36. The van der Waals surface area contributed by atoms with Crippen LogP contribution in [-0.4, -0.2) is 4.98 Å².